The van der Waals surface area contributed by atoms with E-state index in [1.165, 1.54) is 98.5 Å². The Hall–Kier alpha value is -3.38. The summed E-state index contributed by atoms with van der Waals surface area (Å²) in [5, 5.41) is 0. The second-order valence-electron chi connectivity index (χ2n) is 15.9. The Morgan fingerprint density at radius 3 is 2.20 bits per heavy atom. The Morgan fingerprint density at radius 2 is 1.49 bits per heavy atom. The Balaban J connectivity index is 1.27. The van der Waals surface area contributed by atoms with Crippen LogP contribution in [0.3, 0.4) is 0 Å². The molecule has 0 spiro atoms. The molecular weight excluding hydrogens is 589 g/mol. The predicted molar refractivity (Wildman–Crippen MR) is 214 cm³/mol. The lowest BCUT2D eigenvalue weighted by atomic mass is 9.80. The van der Waals surface area contributed by atoms with Crippen LogP contribution in [0.1, 0.15) is 118 Å². The zero-order chi connectivity index (χ0) is 34.6. The summed E-state index contributed by atoms with van der Waals surface area (Å²) in [4.78, 5) is 0. The van der Waals surface area contributed by atoms with Gasteiger partial charge in [-0.2, -0.15) is 0 Å². The summed E-state index contributed by atoms with van der Waals surface area (Å²) in [5.74, 6) is 2.76. The van der Waals surface area contributed by atoms with E-state index in [9.17, 15) is 0 Å². The number of aryl methyl sites for hydroxylation is 4. The van der Waals surface area contributed by atoms with Crippen molar-refractivity contribution in [3.05, 3.63) is 153 Å². The number of hydrogen-bond donors (Lipinski definition) is 0. The highest BCUT2D eigenvalue weighted by atomic mass is 14.3. The first-order valence-corrected chi connectivity index (χ1v) is 19.7. The molecule has 49 heavy (non-hydrogen) atoms. The highest BCUT2D eigenvalue weighted by Crippen LogP contribution is 2.41. The Kier molecular flexibility index (Phi) is 14.0. The van der Waals surface area contributed by atoms with Gasteiger partial charge in [-0.1, -0.05) is 153 Å². The van der Waals surface area contributed by atoms with Gasteiger partial charge in [0.05, 0.1) is 0 Å². The fourth-order valence-electron chi connectivity index (χ4n) is 8.18. The molecule has 0 aliphatic heterocycles. The summed E-state index contributed by atoms with van der Waals surface area (Å²) in [6, 6.07) is 27.4. The molecule has 1 fully saturated rings. The van der Waals surface area contributed by atoms with Crippen molar-refractivity contribution in [2.24, 2.45) is 23.7 Å². The molecule has 1 saturated carbocycles. The first-order valence-electron chi connectivity index (χ1n) is 19.7. The van der Waals surface area contributed by atoms with Gasteiger partial charge in [0.25, 0.3) is 0 Å². The van der Waals surface area contributed by atoms with Crippen molar-refractivity contribution in [2.45, 2.75) is 125 Å². The fraction of sp³-hybridized carbons (Fsp3) is 0.469. The molecule has 0 bridgehead atoms. The molecule has 0 heteroatoms. The Morgan fingerprint density at radius 1 is 0.776 bits per heavy atom. The van der Waals surface area contributed by atoms with Crippen LogP contribution in [0.25, 0.3) is 0 Å². The van der Waals surface area contributed by atoms with Gasteiger partial charge in [0.15, 0.2) is 0 Å². The van der Waals surface area contributed by atoms with E-state index >= 15 is 0 Å². The molecule has 0 radical (unpaired) electrons. The van der Waals surface area contributed by atoms with Crippen LogP contribution in [0.15, 0.2) is 120 Å². The van der Waals surface area contributed by atoms with Crippen molar-refractivity contribution in [3.63, 3.8) is 0 Å². The maximum atomic E-state index is 4.50. The second kappa shape index (κ2) is 18.6. The topological polar surface area (TPSA) is 0 Å². The zero-order valence-corrected chi connectivity index (χ0v) is 31.6. The first kappa shape index (κ1) is 36.9. The van der Waals surface area contributed by atoms with Crippen molar-refractivity contribution < 1.29 is 0 Å². The molecule has 1 unspecified atom stereocenters. The predicted octanol–water partition coefficient (Wildman–Crippen LogP) is 13.7. The van der Waals surface area contributed by atoms with E-state index in [0.717, 1.165) is 25.2 Å². The summed E-state index contributed by atoms with van der Waals surface area (Å²) < 4.78 is 0. The van der Waals surface area contributed by atoms with E-state index in [-0.39, 0.29) is 0 Å². The van der Waals surface area contributed by atoms with E-state index in [0.29, 0.717) is 17.8 Å². The SMILES string of the molecule is C=C(C1CC1)[C@@H](C)CCCC(CCC1=CCCC(C(C)C)=C1/C=C/Cc1cccc(C)c1)Cc1ccccc1CCCc1cccc(C)c1. The van der Waals surface area contributed by atoms with Gasteiger partial charge < -0.3 is 0 Å². The van der Waals surface area contributed by atoms with E-state index in [1.807, 2.05) is 0 Å². The van der Waals surface area contributed by atoms with Gasteiger partial charge in [-0.05, 0) is 148 Å². The summed E-state index contributed by atoms with van der Waals surface area (Å²) >= 11 is 0. The lowest BCUT2D eigenvalue weighted by Gasteiger charge is -2.25. The minimum absolute atomic E-state index is 0.589. The van der Waals surface area contributed by atoms with Crippen molar-refractivity contribution in [1.82, 2.24) is 0 Å². The molecule has 0 saturated heterocycles. The van der Waals surface area contributed by atoms with Crippen LogP contribution < -0.4 is 0 Å². The molecule has 260 valence electrons. The van der Waals surface area contributed by atoms with Crippen LogP contribution in [0.4, 0.5) is 0 Å². The highest BCUT2D eigenvalue weighted by molar-refractivity contribution is 5.47. The van der Waals surface area contributed by atoms with Crippen molar-refractivity contribution in [1.29, 1.82) is 0 Å². The molecule has 5 rings (SSSR count). The van der Waals surface area contributed by atoms with Crippen LogP contribution in [-0.2, 0) is 25.7 Å². The summed E-state index contributed by atoms with van der Waals surface area (Å²) in [7, 11) is 0. The minimum Gasteiger partial charge on any atom is -0.0993 e. The average molecular weight is 653 g/mol. The van der Waals surface area contributed by atoms with Gasteiger partial charge in [-0.15, -0.1) is 0 Å². The molecule has 0 amide bonds. The molecular formula is C49H64. The third-order valence-corrected chi connectivity index (χ3v) is 11.3. The molecule has 0 nitrogen and oxygen atoms in total. The first-order chi connectivity index (χ1) is 23.8. The number of hydrogen-bond acceptors (Lipinski definition) is 0. The normalized spacial score (nSPS) is 16.3. The molecule has 0 heterocycles. The monoisotopic (exact) mass is 653 g/mol. The van der Waals surface area contributed by atoms with Crippen LogP contribution >= 0.6 is 0 Å². The highest BCUT2D eigenvalue weighted by Gasteiger charge is 2.27. The molecule has 2 atom stereocenters. The summed E-state index contributed by atoms with van der Waals surface area (Å²) in [6.07, 6.45) is 24.7. The van der Waals surface area contributed by atoms with E-state index in [1.54, 1.807) is 27.8 Å². The molecule has 3 aromatic carbocycles. The van der Waals surface area contributed by atoms with E-state index in [4.69, 9.17) is 0 Å². The molecule has 0 aromatic heterocycles. The maximum Gasteiger partial charge on any atom is -0.00940 e. The van der Waals surface area contributed by atoms with Crippen LogP contribution in [0.5, 0.6) is 0 Å². The zero-order valence-electron chi connectivity index (χ0n) is 31.6. The minimum atomic E-state index is 0.589. The van der Waals surface area contributed by atoms with Crippen LogP contribution in [-0.4, -0.2) is 0 Å². The largest absolute Gasteiger partial charge is 0.0993 e. The van der Waals surface area contributed by atoms with Gasteiger partial charge in [0.2, 0.25) is 0 Å². The fourth-order valence-corrected chi connectivity index (χ4v) is 8.18. The quantitative estimate of drug-likeness (QED) is 0.113. The second-order valence-corrected chi connectivity index (χ2v) is 15.9. The lowest BCUT2D eigenvalue weighted by molar-refractivity contribution is 0.408. The molecule has 3 aromatic rings. The number of rotatable bonds is 19. The molecule has 0 N–H and O–H groups in total. The van der Waals surface area contributed by atoms with Gasteiger partial charge >= 0.3 is 0 Å². The van der Waals surface area contributed by atoms with E-state index in [2.05, 4.69) is 132 Å². The Bertz CT molecular complexity index is 1600. The van der Waals surface area contributed by atoms with Gasteiger partial charge in [0, 0.05) is 0 Å². The van der Waals surface area contributed by atoms with Gasteiger partial charge in [-0.25, -0.2) is 0 Å². The average Bonchev–Trinajstić information content (AvgIpc) is 3.94. The standard InChI is InChI=1S/C49H64/c1-36(2)48-27-14-26-46(49(48)28-13-22-42-19-10-16-38(4)34-42)30-29-43(20-11-17-39(5)40(6)44-31-32-44)35-47-24-8-7-23-45(47)25-12-21-41-18-9-15-37(3)33-41/h7-10,13,15-16,18-19,23-24,26,28,33-34,36,39,43-44H,6,11-12,14,17,20-22,25,27,29-32,35H2,1-5H3/b28-13+/t39-,43?/m0/s1. The smallest absolute Gasteiger partial charge is 0.00940 e. The third-order valence-electron chi connectivity index (χ3n) is 11.3. The summed E-state index contributed by atoms with van der Waals surface area (Å²) in [6.45, 7) is 16.1. The van der Waals surface area contributed by atoms with Gasteiger partial charge in [0.1, 0.15) is 0 Å². The van der Waals surface area contributed by atoms with E-state index < -0.39 is 0 Å². The lowest BCUT2D eigenvalue weighted by Crippen LogP contribution is -2.11. The van der Waals surface area contributed by atoms with Crippen molar-refractivity contribution in [2.75, 3.05) is 0 Å². The maximum absolute atomic E-state index is 4.50. The van der Waals surface area contributed by atoms with Crippen molar-refractivity contribution >= 4 is 0 Å². The molecule has 2 aliphatic rings. The van der Waals surface area contributed by atoms with Gasteiger partial charge in [-0.3, -0.25) is 0 Å². The third kappa shape index (κ3) is 11.6. The van der Waals surface area contributed by atoms with Crippen molar-refractivity contribution in [3.8, 4) is 0 Å². The Labute approximate surface area is 300 Å². The number of benzene rings is 3. The van der Waals surface area contributed by atoms with Crippen LogP contribution in [0, 0.1) is 37.5 Å². The number of allylic oxidation sites excluding steroid dienone is 7. The summed E-state index contributed by atoms with van der Waals surface area (Å²) in [5.41, 5.74) is 15.0. The molecule has 2 aliphatic carbocycles. The van der Waals surface area contributed by atoms with Crippen LogP contribution in [0.2, 0.25) is 0 Å².